The van der Waals surface area contributed by atoms with Crippen LogP contribution in [0.4, 0.5) is 11.4 Å². The third kappa shape index (κ3) is 2.70. The van der Waals surface area contributed by atoms with E-state index >= 15 is 0 Å². The van der Waals surface area contributed by atoms with Crippen LogP contribution >= 0.6 is 34.5 Å². The van der Waals surface area contributed by atoms with Crippen molar-refractivity contribution >= 4 is 61.9 Å². The van der Waals surface area contributed by atoms with Crippen LogP contribution in [-0.2, 0) is 0 Å². The van der Waals surface area contributed by atoms with Crippen LogP contribution in [0.15, 0.2) is 42.5 Å². The molecule has 3 rings (SSSR count). The zero-order chi connectivity index (χ0) is 15.0. The molecule has 1 heterocycles. The summed E-state index contributed by atoms with van der Waals surface area (Å²) in [6, 6.07) is 12.5. The van der Waals surface area contributed by atoms with Gasteiger partial charge in [-0.25, -0.2) is 0 Å². The topological polar surface area (TPSA) is 55.1 Å². The van der Waals surface area contributed by atoms with E-state index in [0.717, 1.165) is 10.1 Å². The Labute approximate surface area is 135 Å². The first kappa shape index (κ1) is 14.2. The molecule has 0 atom stereocenters. The fraction of sp³-hybridized carbons (Fsp3) is 0. The number of benzene rings is 2. The number of carbonyl (C=O) groups excluding carboxylic acids is 1. The summed E-state index contributed by atoms with van der Waals surface area (Å²) in [4.78, 5) is 12.8. The van der Waals surface area contributed by atoms with Crippen molar-refractivity contribution < 1.29 is 4.79 Å². The molecule has 0 fully saturated rings. The summed E-state index contributed by atoms with van der Waals surface area (Å²) in [7, 11) is 0. The molecule has 1 aromatic heterocycles. The van der Waals surface area contributed by atoms with Crippen molar-refractivity contribution in [3.63, 3.8) is 0 Å². The predicted molar refractivity (Wildman–Crippen MR) is 90.7 cm³/mol. The van der Waals surface area contributed by atoms with E-state index in [0.29, 0.717) is 26.3 Å². The summed E-state index contributed by atoms with van der Waals surface area (Å²) in [5, 5.41) is 4.54. The van der Waals surface area contributed by atoms with E-state index < -0.39 is 0 Å². The minimum Gasteiger partial charge on any atom is -0.397 e. The molecule has 0 aliphatic rings. The van der Waals surface area contributed by atoms with E-state index in [-0.39, 0.29) is 5.91 Å². The Morgan fingerprint density at radius 2 is 1.90 bits per heavy atom. The fourth-order valence-corrected chi connectivity index (χ4v) is 3.48. The van der Waals surface area contributed by atoms with Gasteiger partial charge < -0.3 is 11.1 Å². The maximum atomic E-state index is 12.4. The second kappa shape index (κ2) is 5.56. The van der Waals surface area contributed by atoms with Crippen LogP contribution < -0.4 is 11.1 Å². The molecule has 0 bridgehead atoms. The number of carbonyl (C=O) groups is 1. The quantitative estimate of drug-likeness (QED) is 0.688. The third-order valence-corrected chi connectivity index (χ3v) is 4.75. The highest BCUT2D eigenvalue weighted by atomic mass is 35.5. The molecule has 0 aliphatic carbocycles. The first-order valence-electron chi connectivity index (χ1n) is 6.09. The molecule has 21 heavy (non-hydrogen) atoms. The molecule has 0 aliphatic heterocycles. The summed E-state index contributed by atoms with van der Waals surface area (Å²) >= 11 is 13.2. The molecule has 1 amide bonds. The lowest BCUT2D eigenvalue weighted by molar-refractivity contribution is 0.103. The van der Waals surface area contributed by atoms with Gasteiger partial charge in [0.05, 0.1) is 16.4 Å². The Hall–Kier alpha value is -1.75. The molecule has 3 N–H and O–H groups in total. The van der Waals surface area contributed by atoms with Crippen molar-refractivity contribution in [1.29, 1.82) is 0 Å². The van der Waals surface area contributed by atoms with Crippen LogP contribution in [0.5, 0.6) is 0 Å². The molecule has 3 aromatic rings. The lowest BCUT2D eigenvalue weighted by atomic mass is 10.2. The lowest BCUT2D eigenvalue weighted by Crippen LogP contribution is -2.12. The van der Waals surface area contributed by atoms with Crippen LogP contribution in [0.25, 0.3) is 10.1 Å². The van der Waals surface area contributed by atoms with E-state index in [4.69, 9.17) is 28.9 Å². The van der Waals surface area contributed by atoms with Gasteiger partial charge in [0.15, 0.2) is 0 Å². The number of rotatable bonds is 2. The number of hydrogen-bond donors (Lipinski definition) is 2. The Morgan fingerprint density at radius 1 is 1.14 bits per heavy atom. The van der Waals surface area contributed by atoms with Crippen LogP contribution in [-0.4, -0.2) is 5.91 Å². The monoisotopic (exact) mass is 336 g/mol. The molecule has 0 saturated heterocycles. The third-order valence-electron chi connectivity index (χ3n) is 3.02. The summed E-state index contributed by atoms with van der Waals surface area (Å²) in [6.07, 6.45) is 0. The van der Waals surface area contributed by atoms with Crippen LogP contribution in [0, 0.1) is 0 Å². The molecule has 106 valence electrons. The first-order chi connectivity index (χ1) is 10.1. The number of nitrogen functional groups attached to an aromatic ring is 1. The largest absolute Gasteiger partial charge is 0.397 e. The normalized spacial score (nSPS) is 10.8. The van der Waals surface area contributed by atoms with Gasteiger partial charge >= 0.3 is 0 Å². The molecular weight excluding hydrogens is 327 g/mol. The van der Waals surface area contributed by atoms with Gasteiger partial charge in [0.25, 0.3) is 5.91 Å². The van der Waals surface area contributed by atoms with Gasteiger partial charge in [-0.2, -0.15) is 0 Å². The minimum atomic E-state index is -0.280. The average Bonchev–Trinajstić information content (AvgIpc) is 2.80. The summed E-state index contributed by atoms with van der Waals surface area (Å²) in [5.41, 5.74) is 7.04. The Morgan fingerprint density at radius 3 is 2.62 bits per heavy atom. The van der Waals surface area contributed by atoms with Crippen LogP contribution in [0.1, 0.15) is 9.67 Å². The molecular formula is C15H10Cl2N2OS. The summed E-state index contributed by atoms with van der Waals surface area (Å²) in [5.74, 6) is -0.280. The van der Waals surface area contributed by atoms with Gasteiger partial charge in [-0.15, -0.1) is 11.3 Å². The molecule has 0 saturated carbocycles. The highest BCUT2D eigenvalue weighted by Gasteiger charge is 2.17. The van der Waals surface area contributed by atoms with Crippen molar-refractivity contribution in [3.05, 3.63) is 57.4 Å². The number of anilines is 2. The number of hydrogen-bond acceptors (Lipinski definition) is 3. The Balaban J connectivity index is 1.95. The maximum absolute atomic E-state index is 12.4. The highest BCUT2D eigenvalue weighted by Crippen LogP contribution is 2.34. The van der Waals surface area contributed by atoms with E-state index in [9.17, 15) is 4.79 Å². The van der Waals surface area contributed by atoms with Crippen molar-refractivity contribution in [2.24, 2.45) is 0 Å². The van der Waals surface area contributed by atoms with Crippen molar-refractivity contribution in [2.75, 3.05) is 11.1 Å². The van der Waals surface area contributed by atoms with E-state index in [2.05, 4.69) is 5.32 Å². The smallest absolute Gasteiger partial charge is 0.267 e. The SMILES string of the molecule is Nc1c(C(=O)Nc2ccc(Cl)cc2Cl)sc2ccccc12. The van der Waals surface area contributed by atoms with Gasteiger partial charge in [0.1, 0.15) is 4.88 Å². The van der Waals surface area contributed by atoms with Gasteiger partial charge in [0.2, 0.25) is 0 Å². The number of fused-ring (bicyclic) bond motifs is 1. The number of halogens is 2. The van der Waals surface area contributed by atoms with Gasteiger partial charge in [-0.1, -0.05) is 41.4 Å². The lowest BCUT2D eigenvalue weighted by Gasteiger charge is -2.06. The number of nitrogens with two attached hydrogens (primary N) is 1. The molecule has 2 aromatic carbocycles. The maximum Gasteiger partial charge on any atom is 0.267 e. The minimum absolute atomic E-state index is 0.280. The fourth-order valence-electron chi connectivity index (χ4n) is 2.00. The zero-order valence-electron chi connectivity index (χ0n) is 10.7. The van der Waals surface area contributed by atoms with Crippen molar-refractivity contribution in [1.82, 2.24) is 0 Å². The van der Waals surface area contributed by atoms with Crippen molar-refractivity contribution in [2.45, 2.75) is 0 Å². The summed E-state index contributed by atoms with van der Waals surface area (Å²) in [6.45, 7) is 0. The number of nitrogens with one attached hydrogen (secondary N) is 1. The number of thiophene rings is 1. The molecule has 0 spiro atoms. The van der Waals surface area contributed by atoms with Crippen LogP contribution in [0.2, 0.25) is 10.0 Å². The molecule has 6 heteroatoms. The summed E-state index contributed by atoms with van der Waals surface area (Å²) < 4.78 is 0.974. The van der Waals surface area contributed by atoms with E-state index in [1.54, 1.807) is 18.2 Å². The standard InChI is InChI=1S/C15H10Cl2N2OS/c16-8-5-6-11(10(17)7-8)19-15(20)14-13(18)9-3-1-2-4-12(9)21-14/h1-7H,18H2,(H,19,20). The predicted octanol–water partition coefficient (Wildman–Crippen LogP) is 5.04. The molecule has 0 unspecified atom stereocenters. The van der Waals surface area contributed by atoms with Gasteiger partial charge in [-0.3, -0.25) is 4.79 Å². The van der Waals surface area contributed by atoms with Gasteiger partial charge in [-0.05, 0) is 24.3 Å². The Kier molecular flexibility index (Phi) is 3.76. The first-order valence-corrected chi connectivity index (χ1v) is 7.67. The van der Waals surface area contributed by atoms with Crippen molar-refractivity contribution in [3.8, 4) is 0 Å². The Bertz CT molecular complexity index is 845. The second-order valence-corrected chi connectivity index (χ2v) is 6.32. The second-order valence-electron chi connectivity index (χ2n) is 4.42. The van der Waals surface area contributed by atoms with Crippen LogP contribution in [0.3, 0.4) is 0 Å². The number of amides is 1. The average molecular weight is 337 g/mol. The molecule has 0 radical (unpaired) electrons. The molecule has 3 nitrogen and oxygen atoms in total. The van der Waals surface area contributed by atoms with Gasteiger partial charge in [0, 0.05) is 15.1 Å². The highest BCUT2D eigenvalue weighted by molar-refractivity contribution is 7.21. The zero-order valence-corrected chi connectivity index (χ0v) is 13.0. The van der Waals surface area contributed by atoms with E-state index in [1.165, 1.54) is 11.3 Å². The van der Waals surface area contributed by atoms with E-state index in [1.807, 2.05) is 24.3 Å².